The molecule has 0 rings (SSSR count). The van der Waals surface area contributed by atoms with Crippen LogP contribution in [-0.4, -0.2) is 33.4 Å². The third-order valence-corrected chi connectivity index (χ3v) is 0.388. The molecule has 0 fully saturated rings. The molecule has 0 spiro atoms. The number of hydrogen-bond donors (Lipinski definition) is 2. The molecule has 0 bridgehead atoms. The van der Waals surface area contributed by atoms with Crippen molar-refractivity contribution >= 4 is 17.7 Å². The van der Waals surface area contributed by atoms with Crippen LogP contribution in [0, 0.1) is 0 Å². The minimum atomic E-state index is -1.95. The van der Waals surface area contributed by atoms with Crippen LogP contribution in [0.1, 0.15) is 0 Å². The molecule has 0 amide bonds. The summed E-state index contributed by atoms with van der Waals surface area (Å²) < 4.78 is 0. The van der Waals surface area contributed by atoms with Crippen molar-refractivity contribution < 1.29 is 71.3 Å². The van der Waals surface area contributed by atoms with Crippen molar-refractivity contribution in [3.8, 4) is 0 Å². The fourth-order valence-corrected chi connectivity index (χ4v) is 0.0915. The van der Waals surface area contributed by atoms with E-state index in [9.17, 15) is 14.4 Å². The first-order chi connectivity index (χ1) is 3.55. The molecular formula is C3H4O6TiZn. The maximum Gasteiger partial charge on any atom is 0.384 e. The van der Waals surface area contributed by atoms with Gasteiger partial charge in [0.1, 0.15) is 0 Å². The van der Waals surface area contributed by atoms with Gasteiger partial charge in [-0.1, -0.05) is 0 Å². The Kier molecular flexibility index (Phi) is 20.2. The maximum atomic E-state index is 9.64. The van der Waals surface area contributed by atoms with E-state index in [0.717, 1.165) is 0 Å². The van der Waals surface area contributed by atoms with E-state index in [1.54, 1.807) is 0 Å². The van der Waals surface area contributed by atoms with Gasteiger partial charge in [-0.15, -0.1) is 0 Å². The molecule has 8 heteroatoms. The van der Waals surface area contributed by atoms with Crippen LogP contribution in [0.2, 0.25) is 0 Å². The van der Waals surface area contributed by atoms with Crippen LogP contribution in [0.15, 0.2) is 0 Å². The Morgan fingerprint density at radius 3 is 1.09 bits per heavy atom. The first-order valence-electron chi connectivity index (χ1n) is 1.56. The van der Waals surface area contributed by atoms with Gasteiger partial charge in [0.2, 0.25) is 0 Å². The van der Waals surface area contributed by atoms with E-state index in [-0.39, 0.29) is 46.7 Å². The zero-order valence-corrected chi connectivity index (χ0v) is 9.85. The molecule has 4 N–H and O–H groups in total. The van der Waals surface area contributed by atoms with Crippen LogP contribution < -0.4 is 0 Å². The molecule has 0 saturated carbocycles. The average molecular weight is 249 g/mol. The van der Waals surface area contributed by atoms with Gasteiger partial charge in [-0.3, -0.25) is 4.79 Å². The van der Waals surface area contributed by atoms with Crippen LogP contribution in [0.4, 0.5) is 0 Å². The Hall–Kier alpha value is -0.0923. The number of carboxylic acids is 2. The van der Waals surface area contributed by atoms with E-state index < -0.39 is 17.7 Å². The minimum Gasteiger partial charge on any atom is -0.475 e. The second kappa shape index (κ2) is 9.91. The molecule has 0 radical (unpaired) electrons. The van der Waals surface area contributed by atoms with Crippen LogP contribution in [-0.2, 0) is 55.6 Å². The van der Waals surface area contributed by atoms with E-state index in [0.29, 0.717) is 0 Å². The molecule has 0 aromatic heterocycles. The number of carboxylic acid groups (broad SMARTS) is 2. The van der Waals surface area contributed by atoms with Crippen molar-refractivity contribution in [1.82, 2.24) is 0 Å². The monoisotopic (exact) mass is 248 g/mol. The summed E-state index contributed by atoms with van der Waals surface area (Å²) in [6.07, 6.45) is 0. The van der Waals surface area contributed by atoms with Crippen molar-refractivity contribution in [3.63, 3.8) is 0 Å². The summed E-state index contributed by atoms with van der Waals surface area (Å²) in [4.78, 5) is 28.5. The first-order valence-corrected chi connectivity index (χ1v) is 1.56. The molecule has 0 aliphatic heterocycles. The SMILES string of the molecule is O.O=C(O)C(=O)C(=O)O.[Ti].[Zn]. The van der Waals surface area contributed by atoms with Gasteiger partial charge in [-0.25, -0.2) is 9.59 Å². The quantitative estimate of drug-likeness (QED) is 0.329. The molecule has 58 valence electrons. The number of carbonyl (C=O) groups excluding carboxylic acids is 1. The van der Waals surface area contributed by atoms with E-state index in [4.69, 9.17) is 10.2 Å². The number of hydrogen-bond acceptors (Lipinski definition) is 3. The number of rotatable bonds is 2. The number of carbonyl (C=O) groups is 3. The van der Waals surface area contributed by atoms with Gasteiger partial charge in [-0.05, 0) is 0 Å². The molecule has 0 saturated heterocycles. The summed E-state index contributed by atoms with van der Waals surface area (Å²) in [5, 5.41) is 15.2. The van der Waals surface area contributed by atoms with E-state index >= 15 is 0 Å². The fraction of sp³-hybridized carbons (Fsp3) is 0. The van der Waals surface area contributed by atoms with Crippen LogP contribution in [0.3, 0.4) is 0 Å². The minimum absolute atomic E-state index is 0. The standard InChI is InChI=1S/C3H2O5.H2O.Ti.Zn/c4-1(2(5)6)3(7)8;;;/h(H,5,6)(H,7,8);1H2;;. The van der Waals surface area contributed by atoms with Crippen molar-refractivity contribution in [3.05, 3.63) is 0 Å². The van der Waals surface area contributed by atoms with Crippen molar-refractivity contribution in [2.75, 3.05) is 0 Å². The smallest absolute Gasteiger partial charge is 0.384 e. The summed E-state index contributed by atoms with van der Waals surface area (Å²) in [6, 6.07) is 0. The number of ketones is 1. The molecule has 0 atom stereocenters. The van der Waals surface area contributed by atoms with Gasteiger partial charge in [0, 0.05) is 41.2 Å². The molecule has 0 aromatic carbocycles. The molecule has 6 nitrogen and oxygen atoms in total. The second-order valence-corrected chi connectivity index (χ2v) is 0.939. The van der Waals surface area contributed by atoms with Crippen molar-refractivity contribution in [1.29, 1.82) is 0 Å². The molecule has 0 unspecified atom stereocenters. The van der Waals surface area contributed by atoms with E-state index in [1.807, 2.05) is 0 Å². The second-order valence-electron chi connectivity index (χ2n) is 0.939. The fourth-order valence-electron chi connectivity index (χ4n) is 0.0915. The molecule has 0 aromatic rings. The van der Waals surface area contributed by atoms with Gasteiger partial charge < -0.3 is 15.7 Å². The Morgan fingerprint density at radius 1 is 0.909 bits per heavy atom. The van der Waals surface area contributed by atoms with Crippen LogP contribution in [0.5, 0.6) is 0 Å². The van der Waals surface area contributed by atoms with Crippen molar-refractivity contribution in [2.24, 2.45) is 0 Å². The van der Waals surface area contributed by atoms with Gasteiger partial charge in [0.05, 0.1) is 0 Å². The number of aliphatic carboxylic acids is 2. The predicted octanol–water partition coefficient (Wildman–Crippen LogP) is -2.10. The summed E-state index contributed by atoms with van der Waals surface area (Å²) in [7, 11) is 0. The molecule has 0 heterocycles. The predicted molar refractivity (Wildman–Crippen MR) is 23.9 cm³/mol. The molecule has 11 heavy (non-hydrogen) atoms. The molecule has 0 aliphatic carbocycles. The third kappa shape index (κ3) is 9.91. The summed E-state index contributed by atoms with van der Waals surface area (Å²) in [5.74, 6) is -5.71. The molecule has 0 aliphatic rings. The summed E-state index contributed by atoms with van der Waals surface area (Å²) in [6.45, 7) is 0. The first kappa shape index (κ1) is 22.4. The third-order valence-electron chi connectivity index (χ3n) is 0.388. The zero-order chi connectivity index (χ0) is 6.73. The number of Topliss-reactive ketones (excluding diaryl/α,β-unsaturated/α-hetero) is 1. The zero-order valence-electron chi connectivity index (χ0n) is 5.33. The van der Waals surface area contributed by atoms with Gasteiger partial charge >= 0.3 is 17.7 Å². The largest absolute Gasteiger partial charge is 0.475 e. The topological polar surface area (TPSA) is 123 Å². The molecular weight excluding hydrogens is 245 g/mol. The Bertz CT molecular complexity index is 140. The van der Waals surface area contributed by atoms with Crippen molar-refractivity contribution in [2.45, 2.75) is 0 Å². The van der Waals surface area contributed by atoms with Gasteiger partial charge in [0.25, 0.3) is 0 Å². The van der Waals surface area contributed by atoms with E-state index in [1.165, 1.54) is 0 Å². The van der Waals surface area contributed by atoms with Gasteiger partial charge in [0.15, 0.2) is 0 Å². The van der Waals surface area contributed by atoms with Gasteiger partial charge in [-0.2, -0.15) is 0 Å². The summed E-state index contributed by atoms with van der Waals surface area (Å²) >= 11 is 0. The van der Waals surface area contributed by atoms with Crippen LogP contribution in [0.25, 0.3) is 0 Å². The van der Waals surface area contributed by atoms with Crippen LogP contribution >= 0.6 is 0 Å². The van der Waals surface area contributed by atoms with E-state index in [2.05, 4.69) is 0 Å². The summed E-state index contributed by atoms with van der Waals surface area (Å²) in [5.41, 5.74) is 0. The average Bonchev–Trinajstić information content (AvgIpc) is 1.64. The Labute approximate surface area is 88.9 Å². The maximum absolute atomic E-state index is 9.64. The Morgan fingerprint density at radius 2 is 1.09 bits per heavy atom. The Balaban J connectivity index is -0.0000000817. The normalized spacial score (nSPS) is 5.82.